The molecular weight excluding hydrogens is 258 g/mol. The Bertz CT molecular complexity index is 455. The topological polar surface area (TPSA) is 75.6 Å². The molecule has 0 saturated carbocycles. The predicted octanol–water partition coefficient (Wildman–Crippen LogP) is 2.06. The van der Waals surface area contributed by atoms with E-state index in [-0.39, 0.29) is 23.5 Å². The predicted molar refractivity (Wildman–Crippen MR) is 75.5 cm³/mol. The van der Waals surface area contributed by atoms with E-state index in [2.05, 4.69) is 5.32 Å². The van der Waals surface area contributed by atoms with Crippen molar-refractivity contribution in [2.75, 3.05) is 7.11 Å². The number of nitrogens with one attached hydrogen (secondary N) is 1. The summed E-state index contributed by atoms with van der Waals surface area (Å²) in [6.07, 6.45) is 0.866. The minimum atomic E-state index is -0.948. The summed E-state index contributed by atoms with van der Waals surface area (Å²) in [5, 5.41) is 12.0. The Hall–Kier alpha value is -1.88. The molecule has 20 heavy (non-hydrogen) atoms. The number of carbonyl (C=O) groups is 2. The van der Waals surface area contributed by atoms with Crippen LogP contribution in [0.5, 0.6) is 0 Å². The first-order valence-electron chi connectivity index (χ1n) is 6.63. The molecule has 0 heterocycles. The zero-order valence-corrected chi connectivity index (χ0v) is 12.1. The van der Waals surface area contributed by atoms with Gasteiger partial charge in [-0.15, -0.1) is 0 Å². The first-order chi connectivity index (χ1) is 9.49. The molecule has 0 aliphatic heterocycles. The molecule has 5 heteroatoms. The maximum atomic E-state index is 11.7. The molecule has 110 valence electrons. The van der Waals surface area contributed by atoms with E-state index in [1.54, 1.807) is 24.3 Å². The van der Waals surface area contributed by atoms with E-state index in [0.29, 0.717) is 6.54 Å². The molecule has 0 amide bonds. The van der Waals surface area contributed by atoms with Crippen LogP contribution in [0, 0.1) is 5.92 Å². The van der Waals surface area contributed by atoms with Crippen LogP contribution in [-0.4, -0.2) is 30.2 Å². The van der Waals surface area contributed by atoms with Crippen molar-refractivity contribution in [2.45, 2.75) is 32.9 Å². The quantitative estimate of drug-likeness (QED) is 0.747. The number of ether oxygens (including phenoxy) is 1. The second kappa shape index (κ2) is 7.65. The van der Waals surface area contributed by atoms with Gasteiger partial charge in [-0.25, -0.2) is 4.79 Å². The Morgan fingerprint density at radius 2 is 1.90 bits per heavy atom. The first kappa shape index (κ1) is 16.2. The molecule has 0 radical (unpaired) electrons. The highest BCUT2D eigenvalue weighted by atomic mass is 16.5. The third-order valence-corrected chi connectivity index (χ3v) is 3.40. The van der Waals surface area contributed by atoms with Gasteiger partial charge < -0.3 is 15.2 Å². The van der Waals surface area contributed by atoms with Gasteiger partial charge >= 0.3 is 11.9 Å². The number of benzene rings is 1. The molecule has 0 fully saturated rings. The summed E-state index contributed by atoms with van der Waals surface area (Å²) in [4.78, 5) is 22.5. The highest BCUT2D eigenvalue weighted by molar-refractivity contribution is 5.87. The lowest BCUT2D eigenvalue weighted by Crippen LogP contribution is -2.42. The van der Waals surface area contributed by atoms with Crippen molar-refractivity contribution in [1.82, 2.24) is 5.32 Å². The Kier molecular flexibility index (Phi) is 6.18. The first-order valence-corrected chi connectivity index (χ1v) is 6.63. The summed E-state index contributed by atoms with van der Waals surface area (Å²) in [5.41, 5.74) is 1.17. The van der Waals surface area contributed by atoms with Gasteiger partial charge in [0.1, 0.15) is 6.04 Å². The van der Waals surface area contributed by atoms with Crippen molar-refractivity contribution in [2.24, 2.45) is 5.92 Å². The van der Waals surface area contributed by atoms with Crippen LogP contribution >= 0.6 is 0 Å². The van der Waals surface area contributed by atoms with Crippen LogP contribution in [0.1, 0.15) is 36.2 Å². The number of methoxy groups -OCH3 is 1. The molecule has 1 aromatic rings. The maximum Gasteiger partial charge on any atom is 0.335 e. The fourth-order valence-corrected chi connectivity index (χ4v) is 1.87. The Balaban J connectivity index is 2.67. The molecule has 0 aliphatic rings. The number of hydrogen-bond donors (Lipinski definition) is 2. The zero-order valence-electron chi connectivity index (χ0n) is 12.1. The summed E-state index contributed by atoms with van der Waals surface area (Å²) in [5.74, 6) is -1.06. The number of esters is 1. The molecule has 1 rings (SSSR count). The van der Waals surface area contributed by atoms with Crippen LogP contribution in [0.25, 0.3) is 0 Å². The van der Waals surface area contributed by atoms with Crippen molar-refractivity contribution in [3.63, 3.8) is 0 Å². The van der Waals surface area contributed by atoms with Gasteiger partial charge in [0.2, 0.25) is 0 Å². The minimum Gasteiger partial charge on any atom is -0.478 e. The van der Waals surface area contributed by atoms with Gasteiger partial charge in [0.25, 0.3) is 0 Å². The molecule has 0 saturated heterocycles. The van der Waals surface area contributed by atoms with Crippen LogP contribution < -0.4 is 5.32 Å². The van der Waals surface area contributed by atoms with Gasteiger partial charge in [-0.05, 0) is 23.6 Å². The maximum absolute atomic E-state index is 11.7. The van der Waals surface area contributed by atoms with Crippen LogP contribution in [0.15, 0.2) is 24.3 Å². The highest BCUT2D eigenvalue weighted by Gasteiger charge is 2.24. The molecule has 2 N–H and O–H groups in total. The number of aromatic carboxylic acids is 1. The molecule has 0 spiro atoms. The van der Waals surface area contributed by atoms with Crippen LogP contribution in [0.4, 0.5) is 0 Å². The SMILES string of the molecule is CCC(C)C(NCc1ccc(C(=O)O)cc1)C(=O)OC. The third kappa shape index (κ3) is 4.35. The van der Waals surface area contributed by atoms with Crippen LogP contribution in [0.3, 0.4) is 0 Å². The fraction of sp³-hybridized carbons (Fsp3) is 0.467. The Morgan fingerprint density at radius 3 is 2.35 bits per heavy atom. The van der Waals surface area contributed by atoms with E-state index < -0.39 is 5.97 Å². The van der Waals surface area contributed by atoms with E-state index >= 15 is 0 Å². The lowest BCUT2D eigenvalue weighted by molar-refractivity contribution is -0.144. The van der Waals surface area contributed by atoms with Gasteiger partial charge in [-0.1, -0.05) is 32.4 Å². The largest absolute Gasteiger partial charge is 0.478 e. The van der Waals surface area contributed by atoms with Crippen molar-refractivity contribution < 1.29 is 19.4 Å². The smallest absolute Gasteiger partial charge is 0.335 e. The average Bonchev–Trinajstić information content (AvgIpc) is 2.47. The summed E-state index contributed by atoms with van der Waals surface area (Å²) in [6.45, 7) is 4.50. The second-order valence-electron chi connectivity index (χ2n) is 4.77. The number of rotatable bonds is 7. The summed E-state index contributed by atoms with van der Waals surface area (Å²) in [6, 6.07) is 6.22. The number of carboxylic acid groups (broad SMARTS) is 1. The van der Waals surface area contributed by atoms with Gasteiger partial charge in [-0.2, -0.15) is 0 Å². The molecule has 0 aromatic heterocycles. The van der Waals surface area contributed by atoms with Crippen molar-refractivity contribution in [1.29, 1.82) is 0 Å². The molecule has 0 aliphatic carbocycles. The molecule has 1 aromatic carbocycles. The van der Waals surface area contributed by atoms with Gasteiger partial charge in [-0.3, -0.25) is 4.79 Å². The van der Waals surface area contributed by atoms with Crippen molar-refractivity contribution in [3.8, 4) is 0 Å². The summed E-state index contributed by atoms with van der Waals surface area (Å²) < 4.78 is 4.80. The average molecular weight is 279 g/mol. The highest BCUT2D eigenvalue weighted by Crippen LogP contribution is 2.11. The van der Waals surface area contributed by atoms with Crippen LogP contribution in [-0.2, 0) is 16.1 Å². The van der Waals surface area contributed by atoms with Gasteiger partial charge in [0.15, 0.2) is 0 Å². The van der Waals surface area contributed by atoms with E-state index in [4.69, 9.17) is 9.84 Å². The molecular formula is C15H21NO4. The van der Waals surface area contributed by atoms with Crippen molar-refractivity contribution in [3.05, 3.63) is 35.4 Å². The second-order valence-corrected chi connectivity index (χ2v) is 4.77. The van der Waals surface area contributed by atoms with E-state index in [1.165, 1.54) is 7.11 Å². The molecule has 2 atom stereocenters. The number of carbonyl (C=O) groups excluding carboxylic acids is 1. The van der Waals surface area contributed by atoms with Crippen LogP contribution in [0.2, 0.25) is 0 Å². The third-order valence-electron chi connectivity index (χ3n) is 3.40. The van der Waals surface area contributed by atoms with E-state index in [0.717, 1.165) is 12.0 Å². The normalized spacial score (nSPS) is 13.6. The minimum absolute atomic E-state index is 0.167. The van der Waals surface area contributed by atoms with E-state index in [9.17, 15) is 9.59 Å². The Morgan fingerprint density at radius 1 is 1.30 bits per heavy atom. The fourth-order valence-electron chi connectivity index (χ4n) is 1.87. The summed E-state index contributed by atoms with van der Waals surface area (Å²) >= 11 is 0. The summed E-state index contributed by atoms with van der Waals surface area (Å²) in [7, 11) is 1.38. The Labute approximate surface area is 118 Å². The number of carboxylic acids is 1. The van der Waals surface area contributed by atoms with Crippen molar-refractivity contribution >= 4 is 11.9 Å². The molecule has 5 nitrogen and oxygen atoms in total. The standard InChI is InChI=1S/C15H21NO4/c1-4-10(2)13(15(19)20-3)16-9-11-5-7-12(8-6-11)14(17)18/h5-8,10,13,16H,4,9H2,1-3H3,(H,17,18). The van der Waals surface area contributed by atoms with Gasteiger partial charge in [0.05, 0.1) is 12.7 Å². The molecule has 0 bridgehead atoms. The lowest BCUT2D eigenvalue weighted by Gasteiger charge is -2.22. The number of hydrogen-bond acceptors (Lipinski definition) is 4. The zero-order chi connectivity index (χ0) is 15.1. The monoisotopic (exact) mass is 279 g/mol. The van der Waals surface area contributed by atoms with E-state index in [1.807, 2.05) is 13.8 Å². The molecule has 2 unspecified atom stereocenters. The van der Waals surface area contributed by atoms with Gasteiger partial charge in [0, 0.05) is 6.54 Å². The lowest BCUT2D eigenvalue weighted by atomic mass is 9.99.